The third-order valence-electron chi connectivity index (χ3n) is 4.43. The molecule has 0 spiro atoms. The van der Waals surface area contributed by atoms with Gasteiger partial charge in [-0.15, -0.1) is 0 Å². The van der Waals surface area contributed by atoms with E-state index < -0.39 is 10.0 Å². The van der Waals surface area contributed by atoms with Gasteiger partial charge >= 0.3 is 0 Å². The molecule has 0 radical (unpaired) electrons. The summed E-state index contributed by atoms with van der Waals surface area (Å²) in [6.07, 6.45) is 0.280. The number of carbonyl (C=O) groups is 1. The second kappa shape index (κ2) is 8.33. The van der Waals surface area contributed by atoms with E-state index in [1.54, 1.807) is 12.1 Å². The molecule has 0 saturated heterocycles. The summed E-state index contributed by atoms with van der Waals surface area (Å²) in [7, 11) is -1.97. The summed E-state index contributed by atoms with van der Waals surface area (Å²) in [6.45, 7) is 0.293. The lowest BCUT2D eigenvalue weighted by Gasteiger charge is -2.11. The number of hydrogen-bond donors (Lipinski definition) is 2. The molecule has 0 saturated carbocycles. The standard InChI is InChI=1S/C21H22N2O3S/c1-22-27(25,26)15-20-9-5-4-8-19(20)14-23-21(24)13-16-10-11-17-6-2-3-7-18(17)12-16/h2-12,22H,13-15H2,1H3,(H,23,24). The highest BCUT2D eigenvalue weighted by Gasteiger charge is 2.12. The molecule has 6 heteroatoms. The summed E-state index contributed by atoms with van der Waals surface area (Å²) in [4.78, 5) is 12.3. The highest BCUT2D eigenvalue weighted by molar-refractivity contribution is 7.88. The Hall–Kier alpha value is -2.70. The third-order valence-corrected chi connectivity index (χ3v) is 5.74. The SMILES string of the molecule is CNS(=O)(=O)Cc1ccccc1CNC(=O)Cc1ccc2ccccc2c1. The van der Waals surface area contributed by atoms with Crippen molar-refractivity contribution in [2.75, 3.05) is 7.05 Å². The van der Waals surface area contributed by atoms with Crippen LogP contribution >= 0.6 is 0 Å². The molecular formula is C21H22N2O3S. The molecule has 3 aromatic rings. The van der Waals surface area contributed by atoms with Crippen molar-refractivity contribution in [3.63, 3.8) is 0 Å². The lowest BCUT2D eigenvalue weighted by atomic mass is 10.0. The molecule has 27 heavy (non-hydrogen) atoms. The highest BCUT2D eigenvalue weighted by Crippen LogP contribution is 2.16. The van der Waals surface area contributed by atoms with Crippen LogP contribution in [0.2, 0.25) is 0 Å². The zero-order valence-electron chi connectivity index (χ0n) is 15.1. The molecule has 1 amide bonds. The Labute approximate surface area is 159 Å². The van der Waals surface area contributed by atoms with Gasteiger partial charge in [0.2, 0.25) is 15.9 Å². The molecule has 0 aromatic heterocycles. The Morgan fingerprint density at radius 1 is 0.889 bits per heavy atom. The van der Waals surface area contributed by atoms with Crippen LogP contribution in [0.5, 0.6) is 0 Å². The van der Waals surface area contributed by atoms with Crippen molar-refractivity contribution < 1.29 is 13.2 Å². The van der Waals surface area contributed by atoms with E-state index in [1.165, 1.54) is 7.05 Å². The van der Waals surface area contributed by atoms with Gasteiger partial charge in [0.1, 0.15) is 0 Å². The molecule has 0 heterocycles. The first kappa shape index (κ1) is 19.1. The van der Waals surface area contributed by atoms with Gasteiger partial charge in [-0.1, -0.05) is 66.7 Å². The smallest absolute Gasteiger partial charge is 0.224 e. The first-order chi connectivity index (χ1) is 13.0. The molecule has 0 aliphatic heterocycles. The van der Waals surface area contributed by atoms with E-state index >= 15 is 0 Å². The fourth-order valence-electron chi connectivity index (χ4n) is 2.94. The summed E-state index contributed by atoms with van der Waals surface area (Å²) >= 11 is 0. The van der Waals surface area contributed by atoms with Crippen molar-refractivity contribution in [1.29, 1.82) is 0 Å². The Kier molecular flexibility index (Phi) is 5.88. The van der Waals surface area contributed by atoms with Gasteiger partial charge in [0, 0.05) is 6.54 Å². The molecule has 5 nitrogen and oxygen atoms in total. The fraction of sp³-hybridized carbons (Fsp3) is 0.190. The maximum absolute atomic E-state index is 12.3. The van der Waals surface area contributed by atoms with Crippen LogP contribution in [0.25, 0.3) is 10.8 Å². The van der Waals surface area contributed by atoms with Gasteiger partial charge in [-0.25, -0.2) is 13.1 Å². The van der Waals surface area contributed by atoms with Crippen molar-refractivity contribution >= 4 is 26.7 Å². The number of rotatable bonds is 7. The van der Waals surface area contributed by atoms with Crippen LogP contribution in [-0.2, 0) is 33.5 Å². The largest absolute Gasteiger partial charge is 0.352 e. The van der Waals surface area contributed by atoms with Gasteiger partial charge in [-0.2, -0.15) is 0 Å². The molecule has 0 unspecified atom stereocenters. The van der Waals surface area contributed by atoms with Crippen molar-refractivity contribution in [2.24, 2.45) is 0 Å². The van der Waals surface area contributed by atoms with E-state index in [4.69, 9.17) is 0 Å². The van der Waals surface area contributed by atoms with Gasteiger partial charge in [0.15, 0.2) is 0 Å². The van der Waals surface area contributed by atoms with Crippen LogP contribution in [-0.4, -0.2) is 21.4 Å². The van der Waals surface area contributed by atoms with Crippen molar-refractivity contribution in [2.45, 2.75) is 18.7 Å². The van der Waals surface area contributed by atoms with Gasteiger partial charge in [-0.05, 0) is 34.5 Å². The molecular weight excluding hydrogens is 360 g/mol. The molecule has 2 N–H and O–H groups in total. The first-order valence-electron chi connectivity index (χ1n) is 8.69. The van der Waals surface area contributed by atoms with Crippen molar-refractivity contribution in [3.05, 3.63) is 83.4 Å². The van der Waals surface area contributed by atoms with E-state index in [0.29, 0.717) is 12.1 Å². The van der Waals surface area contributed by atoms with Crippen LogP contribution in [0, 0.1) is 0 Å². The quantitative estimate of drug-likeness (QED) is 0.660. The average molecular weight is 382 g/mol. The number of hydrogen-bond acceptors (Lipinski definition) is 3. The second-order valence-corrected chi connectivity index (χ2v) is 8.29. The lowest BCUT2D eigenvalue weighted by molar-refractivity contribution is -0.120. The number of benzene rings is 3. The van der Waals surface area contributed by atoms with Gasteiger partial charge in [-0.3, -0.25) is 4.79 Å². The van der Waals surface area contributed by atoms with Gasteiger partial charge in [0.05, 0.1) is 12.2 Å². The maximum atomic E-state index is 12.3. The van der Waals surface area contributed by atoms with E-state index in [1.807, 2.05) is 54.6 Å². The normalized spacial score (nSPS) is 11.4. The van der Waals surface area contributed by atoms with Crippen LogP contribution in [0.1, 0.15) is 16.7 Å². The topological polar surface area (TPSA) is 75.3 Å². The second-order valence-electron chi connectivity index (χ2n) is 6.37. The third kappa shape index (κ3) is 5.15. The molecule has 3 rings (SSSR count). The monoisotopic (exact) mass is 382 g/mol. The molecule has 0 aliphatic rings. The molecule has 0 atom stereocenters. The van der Waals surface area contributed by atoms with Crippen LogP contribution in [0.4, 0.5) is 0 Å². The number of fused-ring (bicyclic) bond motifs is 1. The summed E-state index contributed by atoms with van der Waals surface area (Å²) < 4.78 is 25.9. The fourth-order valence-corrected chi connectivity index (χ4v) is 3.77. The molecule has 0 bridgehead atoms. The summed E-state index contributed by atoms with van der Waals surface area (Å²) in [5, 5.41) is 5.13. The first-order valence-corrected chi connectivity index (χ1v) is 10.3. The lowest BCUT2D eigenvalue weighted by Crippen LogP contribution is -2.26. The van der Waals surface area contributed by atoms with E-state index in [0.717, 1.165) is 21.9 Å². The Morgan fingerprint density at radius 3 is 2.30 bits per heavy atom. The molecule has 0 fully saturated rings. The van der Waals surface area contributed by atoms with Crippen molar-refractivity contribution in [1.82, 2.24) is 10.0 Å². The predicted octanol–water partition coefficient (Wildman–Crippen LogP) is 2.75. The highest BCUT2D eigenvalue weighted by atomic mass is 32.2. The van der Waals surface area contributed by atoms with Gasteiger partial charge in [0.25, 0.3) is 0 Å². The Balaban J connectivity index is 1.65. The minimum atomic E-state index is -3.37. The van der Waals surface area contributed by atoms with Crippen molar-refractivity contribution in [3.8, 4) is 0 Å². The number of sulfonamides is 1. The minimum absolute atomic E-state index is 0.100. The van der Waals surface area contributed by atoms with Gasteiger partial charge < -0.3 is 5.32 Å². The zero-order chi connectivity index (χ0) is 19.3. The summed E-state index contributed by atoms with van der Waals surface area (Å²) in [5.74, 6) is -0.211. The zero-order valence-corrected chi connectivity index (χ0v) is 15.9. The van der Waals surface area contributed by atoms with E-state index in [9.17, 15) is 13.2 Å². The Bertz CT molecular complexity index is 1060. The maximum Gasteiger partial charge on any atom is 0.224 e. The molecule has 0 aliphatic carbocycles. The minimum Gasteiger partial charge on any atom is -0.352 e. The summed E-state index contributed by atoms with van der Waals surface area (Å²) in [6, 6.07) is 21.2. The molecule has 140 valence electrons. The van der Waals surface area contributed by atoms with Crippen LogP contribution in [0.3, 0.4) is 0 Å². The summed E-state index contributed by atoms with van der Waals surface area (Å²) in [5.41, 5.74) is 2.42. The number of amides is 1. The van der Waals surface area contributed by atoms with E-state index in [2.05, 4.69) is 10.0 Å². The predicted molar refractivity (Wildman–Crippen MR) is 108 cm³/mol. The number of carbonyl (C=O) groups excluding carboxylic acids is 1. The average Bonchev–Trinajstić information content (AvgIpc) is 2.67. The van der Waals surface area contributed by atoms with Crippen LogP contribution in [0.15, 0.2) is 66.7 Å². The Morgan fingerprint density at radius 2 is 1.56 bits per heavy atom. The number of nitrogens with one attached hydrogen (secondary N) is 2. The van der Waals surface area contributed by atoms with E-state index in [-0.39, 0.29) is 18.1 Å². The molecule has 3 aromatic carbocycles. The van der Waals surface area contributed by atoms with Crippen LogP contribution < -0.4 is 10.0 Å².